The second-order valence-electron chi connectivity index (χ2n) is 6.50. The maximum atomic E-state index is 12.8. The summed E-state index contributed by atoms with van der Waals surface area (Å²) in [4.78, 5) is 31.0. The minimum absolute atomic E-state index is 0.0273. The summed E-state index contributed by atoms with van der Waals surface area (Å²) in [7, 11) is 0. The molecule has 1 aliphatic heterocycles. The zero-order valence-corrected chi connectivity index (χ0v) is 15.6. The van der Waals surface area contributed by atoms with Crippen LogP contribution in [0.25, 0.3) is 0 Å². The lowest BCUT2D eigenvalue weighted by Gasteiger charge is -2.27. The molecule has 1 amide bonds. The zero-order valence-electron chi connectivity index (χ0n) is 14.8. The molecule has 7 nitrogen and oxygen atoms in total. The summed E-state index contributed by atoms with van der Waals surface area (Å²) in [6, 6.07) is 5.68. The molecule has 0 unspecified atom stereocenters. The second kappa shape index (κ2) is 6.96. The number of nitrogens with zero attached hydrogens (tertiary/aromatic N) is 4. The monoisotopic (exact) mass is 382 g/mol. The van der Waals surface area contributed by atoms with Gasteiger partial charge in [0.1, 0.15) is 0 Å². The molecule has 3 aromatic rings. The lowest BCUT2D eigenvalue weighted by atomic mass is 10.0. The number of hydrogen-bond acceptors (Lipinski definition) is 5. The Morgan fingerprint density at radius 3 is 2.70 bits per heavy atom. The van der Waals surface area contributed by atoms with Gasteiger partial charge in [-0.3, -0.25) is 14.5 Å². The van der Waals surface area contributed by atoms with Crippen molar-refractivity contribution in [3.05, 3.63) is 68.9 Å². The third-order valence-electron chi connectivity index (χ3n) is 4.76. The molecule has 0 spiro atoms. The molecule has 0 aromatic carbocycles. The van der Waals surface area contributed by atoms with Gasteiger partial charge in [-0.15, -0.1) is 11.3 Å². The fraction of sp³-hybridized carbons (Fsp3) is 0.263. The van der Waals surface area contributed by atoms with Crippen LogP contribution in [-0.4, -0.2) is 43.2 Å². The predicted molar refractivity (Wildman–Crippen MR) is 100 cm³/mol. The van der Waals surface area contributed by atoms with Crippen molar-refractivity contribution in [3.63, 3.8) is 0 Å². The van der Waals surface area contributed by atoms with Gasteiger partial charge < -0.3 is 10.0 Å². The van der Waals surface area contributed by atoms with E-state index in [4.69, 9.17) is 0 Å². The van der Waals surface area contributed by atoms with Crippen molar-refractivity contribution >= 4 is 23.2 Å². The average molecular weight is 382 g/mol. The van der Waals surface area contributed by atoms with E-state index in [-0.39, 0.29) is 18.1 Å². The van der Waals surface area contributed by atoms with E-state index in [1.807, 2.05) is 30.5 Å². The maximum absolute atomic E-state index is 12.8. The Kier molecular flexibility index (Phi) is 4.49. The maximum Gasteiger partial charge on any atom is 0.356 e. The SMILES string of the molecule is Cc1ccsc1C(=O)N1CCc2c(c(C(=O)O)nn2Cc2ccncc2)C1. The lowest BCUT2D eigenvalue weighted by molar-refractivity contribution is 0.0674. The van der Waals surface area contributed by atoms with Crippen LogP contribution in [0.2, 0.25) is 0 Å². The third kappa shape index (κ3) is 3.23. The number of carbonyl (C=O) groups excluding carboxylic acids is 1. The quantitative estimate of drug-likeness (QED) is 0.749. The topological polar surface area (TPSA) is 88.3 Å². The molecule has 27 heavy (non-hydrogen) atoms. The highest BCUT2D eigenvalue weighted by Gasteiger charge is 2.31. The minimum atomic E-state index is -1.07. The Morgan fingerprint density at radius 2 is 2.04 bits per heavy atom. The molecule has 4 rings (SSSR count). The number of carboxylic acid groups (broad SMARTS) is 1. The average Bonchev–Trinajstić information content (AvgIpc) is 3.25. The van der Waals surface area contributed by atoms with Crippen LogP contribution >= 0.6 is 11.3 Å². The summed E-state index contributed by atoms with van der Waals surface area (Å²) in [6.07, 6.45) is 3.98. The van der Waals surface area contributed by atoms with Crippen LogP contribution in [0.1, 0.15) is 42.5 Å². The van der Waals surface area contributed by atoms with Gasteiger partial charge in [-0.05, 0) is 41.6 Å². The summed E-state index contributed by atoms with van der Waals surface area (Å²) in [5.74, 6) is -1.12. The predicted octanol–water partition coefficient (Wildman–Crippen LogP) is 2.59. The summed E-state index contributed by atoms with van der Waals surface area (Å²) in [5.41, 5.74) is 3.49. The summed E-state index contributed by atoms with van der Waals surface area (Å²) in [6.45, 7) is 3.21. The largest absolute Gasteiger partial charge is 0.476 e. The molecule has 1 N–H and O–H groups in total. The van der Waals surface area contributed by atoms with Gasteiger partial charge in [-0.2, -0.15) is 5.10 Å². The first-order chi connectivity index (χ1) is 13.0. The molecule has 0 fully saturated rings. The van der Waals surface area contributed by atoms with E-state index < -0.39 is 5.97 Å². The van der Waals surface area contributed by atoms with Crippen LogP contribution in [0.4, 0.5) is 0 Å². The van der Waals surface area contributed by atoms with E-state index in [1.165, 1.54) is 11.3 Å². The molecule has 0 atom stereocenters. The molecule has 0 radical (unpaired) electrons. The van der Waals surface area contributed by atoms with Gasteiger partial charge >= 0.3 is 5.97 Å². The zero-order chi connectivity index (χ0) is 19.0. The number of fused-ring (bicyclic) bond motifs is 1. The highest BCUT2D eigenvalue weighted by Crippen LogP contribution is 2.26. The fourth-order valence-corrected chi connectivity index (χ4v) is 4.26. The molecular weight excluding hydrogens is 364 g/mol. The smallest absolute Gasteiger partial charge is 0.356 e. The van der Waals surface area contributed by atoms with Gasteiger partial charge in [0.15, 0.2) is 5.69 Å². The molecule has 3 aromatic heterocycles. The van der Waals surface area contributed by atoms with Crippen LogP contribution in [0.15, 0.2) is 36.0 Å². The second-order valence-corrected chi connectivity index (χ2v) is 7.42. The molecule has 0 saturated carbocycles. The van der Waals surface area contributed by atoms with Crippen molar-refractivity contribution < 1.29 is 14.7 Å². The van der Waals surface area contributed by atoms with E-state index in [1.54, 1.807) is 22.0 Å². The Hall–Kier alpha value is -3.00. The normalized spacial score (nSPS) is 13.4. The molecule has 4 heterocycles. The molecule has 0 bridgehead atoms. The highest BCUT2D eigenvalue weighted by molar-refractivity contribution is 7.12. The number of aromatic nitrogens is 3. The first-order valence-electron chi connectivity index (χ1n) is 8.58. The Labute approximate surface area is 159 Å². The number of aromatic carboxylic acids is 1. The van der Waals surface area contributed by atoms with Gasteiger partial charge in [0.25, 0.3) is 5.91 Å². The summed E-state index contributed by atoms with van der Waals surface area (Å²) >= 11 is 1.42. The molecule has 0 aliphatic carbocycles. The fourth-order valence-electron chi connectivity index (χ4n) is 3.36. The van der Waals surface area contributed by atoms with Crippen LogP contribution in [0, 0.1) is 6.92 Å². The van der Waals surface area contributed by atoms with Crippen LogP contribution in [-0.2, 0) is 19.5 Å². The van der Waals surface area contributed by atoms with Gasteiger partial charge in [0, 0.05) is 36.6 Å². The van der Waals surface area contributed by atoms with E-state index >= 15 is 0 Å². The van der Waals surface area contributed by atoms with E-state index in [0.29, 0.717) is 30.0 Å². The van der Waals surface area contributed by atoms with Crippen molar-refractivity contribution in [3.8, 4) is 0 Å². The number of pyridine rings is 1. The van der Waals surface area contributed by atoms with Crippen molar-refractivity contribution in [2.75, 3.05) is 6.54 Å². The Bertz CT molecular complexity index is 1010. The van der Waals surface area contributed by atoms with Crippen molar-refractivity contribution in [1.29, 1.82) is 0 Å². The van der Waals surface area contributed by atoms with Gasteiger partial charge in [-0.25, -0.2) is 4.79 Å². The minimum Gasteiger partial charge on any atom is -0.476 e. The number of amides is 1. The summed E-state index contributed by atoms with van der Waals surface area (Å²) in [5, 5.41) is 15.8. The number of hydrogen-bond donors (Lipinski definition) is 1. The van der Waals surface area contributed by atoms with Crippen LogP contribution < -0.4 is 0 Å². The molecule has 8 heteroatoms. The van der Waals surface area contributed by atoms with E-state index in [0.717, 1.165) is 16.8 Å². The van der Waals surface area contributed by atoms with E-state index in [9.17, 15) is 14.7 Å². The number of aryl methyl sites for hydroxylation is 1. The molecule has 138 valence electrons. The first-order valence-corrected chi connectivity index (χ1v) is 9.46. The molecule has 0 saturated heterocycles. The number of carboxylic acids is 1. The van der Waals surface area contributed by atoms with Gasteiger partial charge in [-0.1, -0.05) is 0 Å². The summed E-state index contributed by atoms with van der Waals surface area (Å²) < 4.78 is 1.74. The standard InChI is InChI=1S/C19H18N4O3S/c1-12-5-9-27-17(12)18(24)22-8-4-15-14(11-22)16(19(25)26)21-23(15)10-13-2-6-20-7-3-13/h2-3,5-7,9H,4,8,10-11H2,1H3,(H,25,26). The van der Waals surface area contributed by atoms with Crippen LogP contribution in [0.3, 0.4) is 0 Å². The highest BCUT2D eigenvalue weighted by atomic mass is 32.1. The van der Waals surface area contributed by atoms with Crippen molar-refractivity contribution in [2.24, 2.45) is 0 Å². The lowest BCUT2D eigenvalue weighted by Crippen LogP contribution is -2.36. The van der Waals surface area contributed by atoms with Crippen molar-refractivity contribution in [2.45, 2.75) is 26.4 Å². The van der Waals surface area contributed by atoms with Gasteiger partial charge in [0.05, 0.1) is 18.0 Å². The number of thiophene rings is 1. The number of carbonyl (C=O) groups is 2. The Balaban J connectivity index is 1.65. The van der Waals surface area contributed by atoms with E-state index in [2.05, 4.69) is 10.1 Å². The molecular formula is C19H18N4O3S. The van der Waals surface area contributed by atoms with Crippen molar-refractivity contribution in [1.82, 2.24) is 19.7 Å². The number of rotatable bonds is 4. The first kappa shape index (κ1) is 17.4. The van der Waals surface area contributed by atoms with Gasteiger partial charge in [0.2, 0.25) is 0 Å². The third-order valence-corrected chi connectivity index (χ3v) is 5.77. The molecule has 1 aliphatic rings. The Morgan fingerprint density at radius 1 is 1.26 bits per heavy atom. The van der Waals surface area contributed by atoms with Crippen LogP contribution in [0.5, 0.6) is 0 Å².